The number of hydrogen-bond acceptors (Lipinski definition) is 3. The highest BCUT2D eigenvalue weighted by molar-refractivity contribution is 14.1. The summed E-state index contributed by atoms with van der Waals surface area (Å²) in [4.78, 5) is 0. The number of halogens is 1. The van der Waals surface area contributed by atoms with Crippen molar-refractivity contribution in [2.45, 2.75) is 25.7 Å². The third-order valence-corrected chi connectivity index (χ3v) is 3.55. The van der Waals surface area contributed by atoms with Gasteiger partial charge in [0, 0.05) is 6.61 Å². The Labute approximate surface area is 136 Å². The molecule has 4 heteroatoms. The first-order valence-electron chi connectivity index (χ1n) is 7.33. The third-order valence-electron chi connectivity index (χ3n) is 2.78. The summed E-state index contributed by atoms with van der Waals surface area (Å²) in [5.74, 6) is 0.888. The average Bonchev–Trinajstić information content (AvgIpc) is 2.49. The van der Waals surface area contributed by atoms with E-state index in [9.17, 15) is 0 Å². The molecule has 1 aromatic carbocycles. The van der Waals surface area contributed by atoms with E-state index in [1.807, 2.05) is 30.3 Å². The predicted molar refractivity (Wildman–Crippen MR) is 90.9 cm³/mol. The Morgan fingerprint density at radius 1 is 0.700 bits per heavy atom. The molecule has 0 fully saturated rings. The second-order valence-electron chi connectivity index (χ2n) is 4.49. The summed E-state index contributed by atoms with van der Waals surface area (Å²) in [5.41, 5.74) is 0. The quantitative estimate of drug-likeness (QED) is 0.288. The molecule has 3 nitrogen and oxygen atoms in total. The van der Waals surface area contributed by atoms with E-state index in [4.69, 9.17) is 14.2 Å². The van der Waals surface area contributed by atoms with Crippen LogP contribution in [0, 0.1) is 0 Å². The van der Waals surface area contributed by atoms with Gasteiger partial charge in [0.05, 0.1) is 19.8 Å². The number of benzene rings is 1. The SMILES string of the molecule is ICCCCCCOCCOCCOc1ccccc1. The van der Waals surface area contributed by atoms with Crippen molar-refractivity contribution in [1.29, 1.82) is 0 Å². The van der Waals surface area contributed by atoms with Crippen LogP contribution in [0.25, 0.3) is 0 Å². The van der Waals surface area contributed by atoms with Crippen molar-refractivity contribution in [3.05, 3.63) is 30.3 Å². The molecule has 1 aromatic rings. The molecule has 0 atom stereocenters. The first-order chi connectivity index (χ1) is 9.93. The predicted octanol–water partition coefficient (Wildman–Crippen LogP) is 4.09. The lowest BCUT2D eigenvalue weighted by atomic mass is 10.2. The zero-order valence-electron chi connectivity index (χ0n) is 12.1. The molecule has 0 bridgehead atoms. The number of rotatable bonds is 13. The lowest BCUT2D eigenvalue weighted by Crippen LogP contribution is -2.11. The number of alkyl halides is 1. The number of ether oxygens (including phenoxy) is 3. The summed E-state index contributed by atoms with van der Waals surface area (Å²) >= 11 is 2.42. The first-order valence-corrected chi connectivity index (χ1v) is 8.85. The van der Waals surface area contributed by atoms with E-state index in [1.54, 1.807) is 0 Å². The van der Waals surface area contributed by atoms with Crippen LogP contribution < -0.4 is 4.74 Å². The molecule has 1 rings (SSSR count). The second kappa shape index (κ2) is 13.6. The van der Waals surface area contributed by atoms with Crippen LogP contribution in [0.3, 0.4) is 0 Å². The molecule has 0 aliphatic rings. The Hall–Kier alpha value is -0.330. The van der Waals surface area contributed by atoms with Gasteiger partial charge in [-0.2, -0.15) is 0 Å². The minimum Gasteiger partial charge on any atom is -0.491 e. The lowest BCUT2D eigenvalue weighted by Gasteiger charge is -2.07. The van der Waals surface area contributed by atoms with E-state index in [2.05, 4.69) is 22.6 Å². The number of unbranched alkanes of at least 4 members (excludes halogenated alkanes) is 3. The molecular formula is C16H25IO3. The van der Waals surface area contributed by atoms with Gasteiger partial charge in [0.15, 0.2) is 0 Å². The van der Waals surface area contributed by atoms with Crippen molar-refractivity contribution in [1.82, 2.24) is 0 Å². The molecule has 0 aliphatic carbocycles. The smallest absolute Gasteiger partial charge is 0.119 e. The maximum absolute atomic E-state index is 5.52. The largest absolute Gasteiger partial charge is 0.491 e. The van der Waals surface area contributed by atoms with Gasteiger partial charge in [-0.1, -0.05) is 53.6 Å². The van der Waals surface area contributed by atoms with Gasteiger partial charge in [0.2, 0.25) is 0 Å². The van der Waals surface area contributed by atoms with Gasteiger partial charge < -0.3 is 14.2 Å². The zero-order chi connectivity index (χ0) is 14.3. The van der Waals surface area contributed by atoms with Crippen LogP contribution in [-0.2, 0) is 9.47 Å². The Kier molecular flexibility index (Phi) is 12.1. The average molecular weight is 392 g/mol. The first kappa shape index (κ1) is 17.7. The highest BCUT2D eigenvalue weighted by Gasteiger charge is 1.94. The Morgan fingerprint density at radius 2 is 1.35 bits per heavy atom. The summed E-state index contributed by atoms with van der Waals surface area (Å²) in [6.45, 7) is 3.36. The molecular weight excluding hydrogens is 367 g/mol. The number of para-hydroxylation sites is 1. The van der Waals surface area contributed by atoms with Crippen molar-refractivity contribution >= 4 is 22.6 Å². The summed E-state index contributed by atoms with van der Waals surface area (Å²) < 4.78 is 17.7. The van der Waals surface area contributed by atoms with E-state index >= 15 is 0 Å². The minimum absolute atomic E-state index is 0.584. The monoisotopic (exact) mass is 392 g/mol. The van der Waals surface area contributed by atoms with Gasteiger partial charge >= 0.3 is 0 Å². The molecule has 0 spiro atoms. The Bertz CT molecular complexity index is 306. The van der Waals surface area contributed by atoms with Crippen LogP contribution in [0.1, 0.15) is 25.7 Å². The molecule has 0 unspecified atom stereocenters. The fraction of sp³-hybridized carbons (Fsp3) is 0.625. The van der Waals surface area contributed by atoms with Crippen molar-refractivity contribution < 1.29 is 14.2 Å². The standard InChI is InChI=1S/C16H25IO3/c17-10-6-1-2-7-11-18-12-13-19-14-15-20-16-8-4-3-5-9-16/h3-5,8-9H,1-2,6-7,10-15H2. The highest BCUT2D eigenvalue weighted by Crippen LogP contribution is 2.07. The molecule has 0 heterocycles. The lowest BCUT2D eigenvalue weighted by molar-refractivity contribution is 0.0352. The fourth-order valence-electron chi connectivity index (χ4n) is 1.71. The van der Waals surface area contributed by atoms with E-state index in [0.717, 1.165) is 18.8 Å². The Morgan fingerprint density at radius 3 is 2.10 bits per heavy atom. The van der Waals surface area contributed by atoms with Crippen LogP contribution in [0.15, 0.2) is 30.3 Å². The molecule has 0 aliphatic heterocycles. The maximum Gasteiger partial charge on any atom is 0.119 e. The molecule has 0 N–H and O–H groups in total. The molecule has 0 radical (unpaired) electrons. The van der Waals surface area contributed by atoms with E-state index in [-0.39, 0.29) is 0 Å². The molecule has 0 amide bonds. The second-order valence-corrected chi connectivity index (χ2v) is 5.57. The summed E-state index contributed by atoms with van der Waals surface area (Å²) in [6, 6.07) is 9.79. The normalized spacial score (nSPS) is 10.7. The molecule has 0 saturated carbocycles. The van der Waals surface area contributed by atoms with Crippen molar-refractivity contribution in [3.63, 3.8) is 0 Å². The van der Waals surface area contributed by atoms with E-state index < -0.39 is 0 Å². The Balaban J connectivity index is 1.77. The zero-order valence-corrected chi connectivity index (χ0v) is 14.2. The highest BCUT2D eigenvalue weighted by atomic mass is 127. The maximum atomic E-state index is 5.52. The van der Waals surface area contributed by atoms with Crippen molar-refractivity contribution in [3.8, 4) is 5.75 Å². The van der Waals surface area contributed by atoms with Gasteiger partial charge in [-0.05, 0) is 29.4 Å². The van der Waals surface area contributed by atoms with Crippen molar-refractivity contribution in [2.75, 3.05) is 37.5 Å². The summed E-state index contributed by atoms with van der Waals surface area (Å²) in [5, 5.41) is 0. The summed E-state index contributed by atoms with van der Waals surface area (Å²) in [7, 11) is 0. The van der Waals surface area contributed by atoms with Gasteiger partial charge in [0.1, 0.15) is 12.4 Å². The van der Waals surface area contributed by atoms with E-state index in [1.165, 1.54) is 23.7 Å². The van der Waals surface area contributed by atoms with Crippen LogP contribution in [-0.4, -0.2) is 37.5 Å². The fourth-order valence-corrected chi connectivity index (χ4v) is 2.25. The van der Waals surface area contributed by atoms with Crippen LogP contribution in [0.2, 0.25) is 0 Å². The molecule has 0 saturated heterocycles. The van der Waals surface area contributed by atoms with Gasteiger partial charge in [0.25, 0.3) is 0 Å². The van der Waals surface area contributed by atoms with Gasteiger partial charge in [-0.25, -0.2) is 0 Å². The topological polar surface area (TPSA) is 27.7 Å². The van der Waals surface area contributed by atoms with Crippen LogP contribution in [0.5, 0.6) is 5.75 Å². The van der Waals surface area contributed by atoms with Crippen LogP contribution in [0.4, 0.5) is 0 Å². The summed E-state index contributed by atoms with van der Waals surface area (Å²) in [6.07, 6.45) is 5.08. The van der Waals surface area contributed by atoms with E-state index in [0.29, 0.717) is 26.4 Å². The van der Waals surface area contributed by atoms with Gasteiger partial charge in [-0.3, -0.25) is 0 Å². The molecule has 20 heavy (non-hydrogen) atoms. The molecule has 0 aromatic heterocycles. The van der Waals surface area contributed by atoms with Crippen LogP contribution >= 0.6 is 22.6 Å². The third kappa shape index (κ3) is 10.5. The number of hydrogen-bond donors (Lipinski definition) is 0. The van der Waals surface area contributed by atoms with Crippen molar-refractivity contribution in [2.24, 2.45) is 0 Å². The molecule has 114 valence electrons. The minimum atomic E-state index is 0.584. The van der Waals surface area contributed by atoms with Gasteiger partial charge in [-0.15, -0.1) is 0 Å².